The highest BCUT2D eigenvalue weighted by Gasteiger charge is 2.37. The highest BCUT2D eigenvalue weighted by Crippen LogP contribution is 2.24. The molecule has 0 bridgehead atoms. The van der Waals surface area contributed by atoms with Gasteiger partial charge in [-0.2, -0.15) is 11.8 Å². The first-order valence-corrected chi connectivity index (χ1v) is 22.0. The number of unbranched alkanes of at least 4 members (excludes halogenated alkanes) is 2. The molecule has 2 aliphatic heterocycles. The van der Waals surface area contributed by atoms with Crippen molar-refractivity contribution in [1.29, 1.82) is 0 Å². The minimum absolute atomic E-state index is 0.0402. The Morgan fingerprint density at radius 1 is 1.05 bits per heavy atom. The van der Waals surface area contributed by atoms with Crippen molar-refractivity contribution in [2.75, 3.05) is 33.0 Å². The molecule has 1 fully saturated rings. The number of ether oxygens (including phenoxy) is 3. The van der Waals surface area contributed by atoms with Crippen LogP contribution in [0.4, 0.5) is 4.79 Å². The number of cyclic esters (lactones) is 1. The summed E-state index contributed by atoms with van der Waals surface area (Å²) in [6.07, 6.45) is 17.8. The summed E-state index contributed by atoms with van der Waals surface area (Å²) in [6.45, 7) is 12.1. The van der Waals surface area contributed by atoms with Crippen LogP contribution in [0.3, 0.4) is 0 Å². The van der Waals surface area contributed by atoms with Gasteiger partial charge in [0.2, 0.25) is 29.5 Å². The van der Waals surface area contributed by atoms with E-state index in [0.29, 0.717) is 45.2 Å². The standard InChI is InChI=1S/C45H65N5O10S/c1-9-10-19-33(59-44(57)48-27-17-26-46-37(51)21-12-11-15-28-50-39(53)30-36(61-8)42(50)55)20-16-25-47-41(54)40(45(4,5)6)49-38(52)22-14-13-18-31(2)29-32(3)34-23-24-35(58-7)43(56)60-34/h13-14,16,18,22,24-25,29,32-34,36,40H,11-12,15,17,19-21,23,26-28,30H2,1-8H3,(H,46,51)(H,47,54)(H,48,57)(H,49,52)/b18-13-,22-14-,25-16-,31-29+/t32-,33-,34-,36?,40+/m0/s1. The number of esters is 1. The van der Waals surface area contributed by atoms with Gasteiger partial charge in [-0.15, -0.1) is 5.92 Å². The zero-order valence-electron chi connectivity index (χ0n) is 36.9. The molecule has 2 rings (SSSR count). The zero-order valence-corrected chi connectivity index (χ0v) is 37.7. The number of thioether (sulfide) groups is 1. The number of rotatable bonds is 24. The molecule has 1 unspecified atom stereocenters. The van der Waals surface area contributed by atoms with Crippen LogP contribution in [0.5, 0.6) is 0 Å². The quantitative estimate of drug-likeness (QED) is 0.0250. The van der Waals surface area contributed by atoms with Crippen molar-refractivity contribution in [1.82, 2.24) is 26.2 Å². The summed E-state index contributed by atoms with van der Waals surface area (Å²) < 4.78 is 16.0. The van der Waals surface area contributed by atoms with Crippen LogP contribution >= 0.6 is 11.8 Å². The van der Waals surface area contributed by atoms with E-state index < -0.39 is 41.4 Å². The smallest absolute Gasteiger partial charge is 0.407 e. The summed E-state index contributed by atoms with van der Waals surface area (Å²) in [4.78, 5) is 88.2. The second-order valence-electron chi connectivity index (χ2n) is 15.8. The average Bonchev–Trinajstić information content (AvgIpc) is 3.49. The molecule has 0 aromatic heterocycles. The first-order chi connectivity index (χ1) is 29.0. The predicted molar refractivity (Wildman–Crippen MR) is 235 cm³/mol. The van der Waals surface area contributed by atoms with Crippen LogP contribution in [0, 0.1) is 23.2 Å². The summed E-state index contributed by atoms with van der Waals surface area (Å²) in [5, 5.41) is 10.7. The van der Waals surface area contributed by atoms with Gasteiger partial charge in [-0.25, -0.2) is 9.59 Å². The lowest BCUT2D eigenvalue weighted by molar-refractivity contribution is -0.151. The maximum absolute atomic E-state index is 13.2. The Labute approximate surface area is 365 Å². The number of imide groups is 1. The van der Waals surface area contributed by atoms with Crippen LogP contribution in [-0.2, 0) is 43.0 Å². The van der Waals surface area contributed by atoms with Gasteiger partial charge in [0.1, 0.15) is 18.2 Å². The summed E-state index contributed by atoms with van der Waals surface area (Å²) in [5.41, 5.74) is 0.303. The van der Waals surface area contributed by atoms with E-state index in [1.54, 1.807) is 31.2 Å². The maximum Gasteiger partial charge on any atom is 0.407 e. The van der Waals surface area contributed by atoms with E-state index in [1.165, 1.54) is 36.0 Å². The third-order valence-electron chi connectivity index (χ3n) is 9.70. The van der Waals surface area contributed by atoms with E-state index in [0.717, 1.165) is 12.0 Å². The van der Waals surface area contributed by atoms with Gasteiger partial charge in [-0.1, -0.05) is 76.0 Å². The van der Waals surface area contributed by atoms with Crippen LogP contribution in [-0.4, -0.2) is 103 Å². The van der Waals surface area contributed by atoms with Gasteiger partial charge in [0, 0.05) is 63.7 Å². The Balaban J connectivity index is 1.72. The molecule has 1 saturated heterocycles. The molecule has 0 aromatic rings. The molecule has 0 spiro atoms. The van der Waals surface area contributed by atoms with Crippen molar-refractivity contribution in [3.8, 4) is 11.8 Å². The van der Waals surface area contributed by atoms with Crippen molar-refractivity contribution < 1.29 is 47.8 Å². The average molecular weight is 868 g/mol. The van der Waals surface area contributed by atoms with E-state index in [9.17, 15) is 33.6 Å². The Kier molecular flexibility index (Phi) is 23.4. The Morgan fingerprint density at radius 2 is 1.77 bits per heavy atom. The van der Waals surface area contributed by atoms with Crippen molar-refractivity contribution in [2.45, 2.75) is 123 Å². The molecule has 4 N–H and O–H groups in total. The fraction of sp³-hybridized carbons (Fsp3) is 0.578. The van der Waals surface area contributed by atoms with Gasteiger partial charge >= 0.3 is 12.1 Å². The van der Waals surface area contributed by atoms with Gasteiger partial charge in [0.25, 0.3) is 0 Å². The molecule has 336 valence electrons. The number of amides is 6. The predicted octanol–water partition coefficient (Wildman–Crippen LogP) is 5.14. The summed E-state index contributed by atoms with van der Waals surface area (Å²) >= 11 is 1.39. The van der Waals surface area contributed by atoms with E-state index in [1.807, 2.05) is 53.0 Å². The van der Waals surface area contributed by atoms with Crippen molar-refractivity contribution in [3.05, 3.63) is 60.1 Å². The molecule has 15 nitrogen and oxygen atoms in total. The summed E-state index contributed by atoms with van der Waals surface area (Å²) in [5.74, 6) is 4.16. The zero-order chi connectivity index (χ0) is 45.4. The molecule has 2 aliphatic rings. The van der Waals surface area contributed by atoms with Gasteiger partial charge in [0.05, 0.1) is 12.4 Å². The first kappa shape index (κ1) is 51.8. The normalized spacial score (nSPS) is 18.6. The summed E-state index contributed by atoms with van der Waals surface area (Å²) in [7, 11) is 1.43. The van der Waals surface area contributed by atoms with Crippen molar-refractivity contribution in [2.24, 2.45) is 11.3 Å². The highest BCUT2D eigenvalue weighted by molar-refractivity contribution is 8.00. The lowest BCUT2D eigenvalue weighted by atomic mass is 9.86. The SMILES string of the molecule is CC#CC[C@@H](C/C=C\NC(=O)[C@@H](NC(=O)\C=C/C=C\C(C)=C\[C@H](C)[C@@H]1CC=C(OC)C(=O)O1)C(C)(C)C)OC(=O)NCCCNC(=O)CCCCCN1C(=O)CC(SC)C1=O. The Morgan fingerprint density at radius 3 is 2.43 bits per heavy atom. The first-order valence-electron chi connectivity index (χ1n) is 20.7. The number of allylic oxidation sites excluding steroid dienone is 4. The van der Waals surface area contributed by atoms with E-state index in [-0.39, 0.29) is 66.6 Å². The molecule has 0 aliphatic carbocycles. The number of carbonyl (C=O) groups excluding carboxylic acids is 7. The van der Waals surface area contributed by atoms with Gasteiger partial charge in [-0.3, -0.25) is 28.9 Å². The van der Waals surface area contributed by atoms with Crippen molar-refractivity contribution >= 4 is 53.4 Å². The van der Waals surface area contributed by atoms with Crippen LogP contribution in [0.2, 0.25) is 0 Å². The number of nitrogens with one attached hydrogen (secondary N) is 4. The van der Waals surface area contributed by atoms with Crippen LogP contribution < -0.4 is 21.3 Å². The maximum atomic E-state index is 13.2. The Hall–Kier alpha value is -5.30. The fourth-order valence-electron chi connectivity index (χ4n) is 6.26. The molecule has 0 radical (unpaired) electrons. The lowest BCUT2D eigenvalue weighted by Crippen LogP contribution is -2.52. The number of likely N-dealkylation sites (tertiary alicyclic amines) is 1. The Bertz CT molecular complexity index is 1750. The molecule has 16 heteroatoms. The fourth-order valence-corrected chi connectivity index (χ4v) is 6.90. The topological polar surface area (TPSA) is 199 Å². The second-order valence-corrected chi connectivity index (χ2v) is 16.8. The lowest BCUT2D eigenvalue weighted by Gasteiger charge is -2.29. The molecule has 0 saturated carbocycles. The molecule has 2 heterocycles. The van der Waals surface area contributed by atoms with E-state index in [2.05, 4.69) is 33.1 Å². The molecular weight excluding hydrogens is 803 g/mol. The van der Waals surface area contributed by atoms with Gasteiger partial charge in [-0.05, 0) is 57.1 Å². The van der Waals surface area contributed by atoms with Gasteiger partial charge < -0.3 is 35.5 Å². The molecule has 5 atom stereocenters. The van der Waals surface area contributed by atoms with Crippen LogP contribution in [0.1, 0.15) is 99.3 Å². The number of nitrogens with zero attached hydrogens (tertiary/aromatic N) is 1. The third kappa shape index (κ3) is 19.8. The van der Waals surface area contributed by atoms with Crippen molar-refractivity contribution in [3.63, 3.8) is 0 Å². The molecular formula is C45H65N5O10S. The third-order valence-corrected chi connectivity index (χ3v) is 10.6. The number of alkyl carbamates (subject to hydrolysis) is 1. The molecule has 61 heavy (non-hydrogen) atoms. The molecule has 0 aromatic carbocycles. The minimum atomic E-state index is -0.862. The van der Waals surface area contributed by atoms with Crippen LogP contribution in [0.25, 0.3) is 0 Å². The highest BCUT2D eigenvalue weighted by atomic mass is 32.2. The van der Waals surface area contributed by atoms with Crippen LogP contribution in [0.15, 0.2) is 60.1 Å². The number of carbonyl (C=O) groups is 7. The number of methoxy groups -OCH3 is 1. The number of hydrogen-bond donors (Lipinski definition) is 4. The minimum Gasteiger partial charge on any atom is -0.490 e. The number of hydrogen-bond acceptors (Lipinski definition) is 11. The largest absolute Gasteiger partial charge is 0.490 e. The second kappa shape index (κ2) is 27.5. The van der Waals surface area contributed by atoms with Gasteiger partial charge in [0.15, 0.2) is 5.76 Å². The van der Waals surface area contributed by atoms with E-state index >= 15 is 0 Å². The van der Waals surface area contributed by atoms with E-state index in [4.69, 9.17) is 14.2 Å². The molecule has 6 amide bonds. The summed E-state index contributed by atoms with van der Waals surface area (Å²) in [6, 6.07) is -0.862. The monoisotopic (exact) mass is 867 g/mol.